The molecule has 0 bridgehead atoms. The standard InChI is InChI=1S/C19H24N2O5/c1-3-4-5-6-11-20-19(22)18-10-8-16(26-18)13-25-15-7-9-17(21(23)24)14(2)12-15/h7-10,12H,3-6,11,13H2,1-2H3,(H,20,22). The summed E-state index contributed by atoms with van der Waals surface area (Å²) >= 11 is 0. The molecule has 0 radical (unpaired) electrons. The average molecular weight is 360 g/mol. The SMILES string of the molecule is CCCCCCNC(=O)c1ccc(COc2ccc([N+](=O)[O-])c(C)c2)o1. The Morgan fingerprint density at radius 2 is 2.04 bits per heavy atom. The fourth-order valence-corrected chi connectivity index (χ4v) is 2.50. The Hall–Kier alpha value is -2.83. The van der Waals surface area contributed by atoms with Gasteiger partial charge in [-0.1, -0.05) is 26.2 Å². The Labute approximate surface area is 152 Å². The molecule has 2 aromatic rings. The fraction of sp³-hybridized carbons (Fsp3) is 0.421. The molecule has 0 saturated heterocycles. The monoisotopic (exact) mass is 360 g/mol. The van der Waals surface area contributed by atoms with E-state index in [0.29, 0.717) is 23.6 Å². The van der Waals surface area contributed by atoms with E-state index in [2.05, 4.69) is 12.2 Å². The first-order valence-corrected chi connectivity index (χ1v) is 8.76. The minimum atomic E-state index is -0.432. The van der Waals surface area contributed by atoms with Gasteiger partial charge in [-0.15, -0.1) is 0 Å². The van der Waals surface area contributed by atoms with Crippen LogP contribution in [0.2, 0.25) is 0 Å². The van der Waals surface area contributed by atoms with E-state index in [-0.39, 0.29) is 24.0 Å². The number of amides is 1. The van der Waals surface area contributed by atoms with Gasteiger partial charge in [0, 0.05) is 18.2 Å². The Balaban J connectivity index is 1.83. The summed E-state index contributed by atoms with van der Waals surface area (Å²) in [5.41, 5.74) is 0.573. The lowest BCUT2D eigenvalue weighted by molar-refractivity contribution is -0.385. The highest BCUT2D eigenvalue weighted by Crippen LogP contribution is 2.24. The molecule has 0 aliphatic rings. The number of hydrogen-bond acceptors (Lipinski definition) is 5. The van der Waals surface area contributed by atoms with Gasteiger partial charge >= 0.3 is 0 Å². The minimum absolute atomic E-state index is 0.0493. The van der Waals surface area contributed by atoms with Gasteiger partial charge in [0.05, 0.1) is 4.92 Å². The van der Waals surface area contributed by atoms with E-state index in [4.69, 9.17) is 9.15 Å². The molecule has 0 spiro atoms. The second-order valence-corrected chi connectivity index (χ2v) is 6.08. The number of nitro groups is 1. The number of furan rings is 1. The van der Waals surface area contributed by atoms with Crippen LogP contribution in [-0.4, -0.2) is 17.4 Å². The number of carbonyl (C=O) groups is 1. The first kappa shape index (κ1) is 19.5. The highest BCUT2D eigenvalue weighted by molar-refractivity contribution is 5.91. The zero-order chi connectivity index (χ0) is 18.9. The van der Waals surface area contributed by atoms with Crippen molar-refractivity contribution in [2.24, 2.45) is 0 Å². The van der Waals surface area contributed by atoms with Gasteiger partial charge in [-0.2, -0.15) is 0 Å². The van der Waals surface area contributed by atoms with Crippen molar-refractivity contribution >= 4 is 11.6 Å². The lowest BCUT2D eigenvalue weighted by Crippen LogP contribution is -2.23. The van der Waals surface area contributed by atoms with Crippen LogP contribution in [0.3, 0.4) is 0 Å². The first-order valence-electron chi connectivity index (χ1n) is 8.76. The molecule has 1 aromatic carbocycles. The Bertz CT molecular complexity index is 754. The van der Waals surface area contributed by atoms with E-state index in [0.717, 1.165) is 19.3 Å². The van der Waals surface area contributed by atoms with Crippen molar-refractivity contribution < 1.29 is 18.9 Å². The topological polar surface area (TPSA) is 94.6 Å². The number of aryl methyl sites for hydroxylation is 1. The maximum absolute atomic E-state index is 12.0. The smallest absolute Gasteiger partial charge is 0.286 e. The van der Waals surface area contributed by atoms with Crippen LogP contribution in [-0.2, 0) is 6.61 Å². The van der Waals surface area contributed by atoms with Crippen LogP contribution < -0.4 is 10.1 Å². The Morgan fingerprint density at radius 3 is 2.73 bits per heavy atom. The molecule has 7 nitrogen and oxygen atoms in total. The normalized spacial score (nSPS) is 10.5. The summed E-state index contributed by atoms with van der Waals surface area (Å²) < 4.78 is 11.1. The summed E-state index contributed by atoms with van der Waals surface area (Å²) in [5, 5.41) is 13.6. The summed E-state index contributed by atoms with van der Waals surface area (Å²) in [4.78, 5) is 22.4. The minimum Gasteiger partial charge on any atom is -0.486 e. The number of benzene rings is 1. The highest BCUT2D eigenvalue weighted by atomic mass is 16.6. The molecule has 0 saturated carbocycles. The molecule has 0 atom stereocenters. The van der Waals surface area contributed by atoms with Gasteiger partial charge in [0.1, 0.15) is 18.1 Å². The number of rotatable bonds is 10. The molecular weight excluding hydrogens is 336 g/mol. The third kappa shape index (κ3) is 5.61. The van der Waals surface area contributed by atoms with Gasteiger partial charge < -0.3 is 14.5 Å². The van der Waals surface area contributed by atoms with Crippen molar-refractivity contribution in [1.82, 2.24) is 5.32 Å². The second kappa shape index (κ2) is 9.60. The second-order valence-electron chi connectivity index (χ2n) is 6.08. The molecule has 1 amide bonds. The highest BCUT2D eigenvalue weighted by Gasteiger charge is 2.13. The number of unbranched alkanes of at least 4 members (excludes halogenated alkanes) is 3. The summed E-state index contributed by atoms with van der Waals surface area (Å²) in [6, 6.07) is 7.85. The van der Waals surface area contributed by atoms with E-state index in [9.17, 15) is 14.9 Å². The van der Waals surface area contributed by atoms with E-state index in [1.165, 1.54) is 18.6 Å². The van der Waals surface area contributed by atoms with Crippen molar-refractivity contribution in [3.8, 4) is 5.75 Å². The third-order valence-corrected chi connectivity index (χ3v) is 3.95. The number of carbonyl (C=O) groups excluding carboxylic acids is 1. The molecule has 1 heterocycles. The molecule has 2 rings (SSSR count). The lowest BCUT2D eigenvalue weighted by atomic mass is 10.2. The number of ether oxygens (including phenoxy) is 1. The van der Waals surface area contributed by atoms with Crippen molar-refractivity contribution in [2.45, 2.75) is 46.1 Å². The van der Waals surface area contributed by atoms with Gasteiger partial charge in [0.2, 0.25) is 0 Å². The molecule has 26 heavy (non-hydrogen) atoms. The predicted octanol–water partition coefficient (Wildman–Crippen LogP) is 4.39. The summed E-state index contributed by atoms with van der Waals surface area (Å²) in [6.45, 7) is 4.57. The van der Waals surface area contributed by atoms with Crippen LogP contribution in [0, 0.1) is 17.0 Å². The van der Waals surface area contributed by atoms with Crippen molar-refractivity contribution in [3.63, 3.8) is 0 Å². The van der Waals surface area contributed by atoms with E-state index < -0.39 is 4.92 Å². The third-order valence-electron chi connectivity index (χ3n) is 3.95. The van der Waals surface area contributed by atoms with Crippen LogP contribution in [0.5, 0.6) is 5.75 Å². The Kier molecular flexibility index (Phi) is 7.20. The van der Waals surface area contributed by atoms with Gasteiger partial charge in [-0.25, -0.2) is 0 Å². The largest absolute Gasteiger partial charge is 0.486 e. The molecule has 0 unspecified atom stereocenters. The summed E-state index contributed by atoms with van der Waals surface area (Å²) in [7, 11) is 0. The molecule has 7 heteroatoms. The van der Waals surface area contributed by atoms with Gasteiger partial charge in [-0.05, 0) is 37.6 Å². The van der Waals surface area contributed by atoms with Gasteiger partial charge in [-0.3, -0.25) is 14.9 Å². The average Bonchev–Trinajstić information content (AvgIpc) is 3.08. The van der Waals surface area contributed by atoms with E-state index in [1.54, 1.807) is 25.1 Å². The zero-order valence-corrected chi connectivity index (χ0v) is 15.1. The molecular formula is C19H24N2O5. The van der Waals surface area contributed by atoms with Crippen LogP contribution >= 0.6 is 0 Å². The van der Waals surface area contributed by atoms with E-state index in [1.807, 2.05) is 0 Å². The molecule has 0 aliphatic carbocycles. The molecule has 1 aromatic heterocycles. The lowest BCUT2D eigenvalue weighted by Gasteiger charge is -2.06. The zero-order valence-electron chi connectivity index (χ0n) is 15.1. The van der Waals surface area contributed by atoms with Crippen LogP contribution in [0.25, 0.3) is 0 Å². The molecule has 1 N–H and O–H groups in total. The van der Waals surface area contributed by atoms with Crippen molar-refractivity contribution in [2.75, 3.05) is 6.54 Å². The number of hydrogen-bond donors (Lipinski definition) is 1. The van der Waals surface area contributed by atoms with Gasteiger partial charge in [0.25, 0.3) is 11.6 Å². The summed E-state index contributed by atoms with van der Waals surface area (Å²) in [6.07, 6.45) is 4.38. The van der Waals surface area contributed by atoms with Gasteiger partial charge in [0.15, 0.2) is 5.76 Å². The number of nitrogens with zero attached hydrogens (tertiary/aromatic N) is 1. The van der Waals surface area contributed by atoms with Crippen LogP contribution in [0.1, 0.15) is 54.5 Å². The maximum Gasteiger partial charge on any atom is 0.286 e. The summed E-state index contributed by atoms with van der Waals surface area (Å²) in [5.74, 6) is 1.03. The molecule has 140 valence electrons. The molecule has 0 fully saturated rings. The number of nitro benzene ring substituents is 1. The van der Waals surface area contributed by atoms with E-state index >= 15 is 0 Å². The van der Waals surface area contributed by atoms with Crippen molar-refractivity contribution in [3.05, 3.63) is 57.5 Å². The first-order chi connectivity index (χ1) is 12.5. The maximum atomic E-state index is 12.0. The quantitative estimate of drug-likeness (QED) is 0.385. The van der Waals surface area contributed by atoms with Crippen LogP contribution in [0.15, 0.2) is 34.7 Å². The van der Waals surface area contributed by atoms with Crippen molar-refractivity contribution in [1.29, 1.82) is 0 Å². The fourth-order valence-electron chi connectivity index (χ4n) is 2.50. The molecule has 0 aliphatic heterocycles. The van der Waals surface area contributed by atoms with Crippen LogP contribution in [0.4, 0.5) is 5.69 Å². The number of nitrogens with one attached hydrogen (secondary N) is 1. The Morgan fingerprint density at radius 1 is 1.23 bits per heavy atom. The predicted molar refractivity (Wildman–Crippen MR) is 97.3 cm³/mol.